The van der Waals surface area contributed by atoms with Crippen LogP contribution in [0.1, 0.15) is 6.42 Å². The van der Waals surface area contributed by atoms with E-state index in [0.29, 0.717) is 5.02 Å². The number of aliphatic carboxylic acids is 1. The maximum Gasteiger partial charge on any atom is 0.343 e. The van der Waals surface area contributed by atoms with Crippen molar-refractivity contribution in [1.29, 1.82) is 0 Å². The van der Waals surface area contributed by atoms with Crippen LogP contribution in [0.15, 0.2) is 29.2 Å². The predicted molar refractivity (Wildman–Crippen MR) is 74.8 cm³/mol. The van der Waals surface area contributed by atoms with E-state index in [9.17, 15) is 14.0 Å². The highest BCUT2D eigenvalue weighted by Gasteiger charge is 2.46. The van der Waals surface area contributed by atoms with Crippen LogP contribution in [-0.2, 0) is 9.59 Å². The number of hydrogen-bond donors (Lipinski definition) is 1. The molecule has 0 aromatic heterocycles. The molecule has 2 rings (SSSR count). The molecule has 1 heterocycles. The number of carbonyl (C=O) groups is 2. The molecule has 0 spiro atoms. The number of amides is 1. The van der Waals surface area contributed by atoms with Gasteiger partial charge in [-0.05, 0) is 12.1 Å². The summed E-state index contributed by atoms with van der Waals surface area (Å²) < 4.78 is 13.9. The van der Waals surface area contributed by atoms with E-state index in [2.05, 4.69) is 0 Å². The van der Waals surface area contributed by atoms with Gasteiger partial charge in [-0.25, -0.2) is 9.18 Å². The van der Waals surface area contributed by atoms with E-state index in [1.165, 1.54) is 16.7 Å². The van der Waals surface area contributed by atoms with Crippen LogP contribution in [0.4, 0.5) is 4.39 Å². The molecule has 1 aromatic carbocycles. The quantitative estimate of drug-likeness (QED) is 0.867. The van der Waals surface area contributed by atoms with Gasteiger partial charge in [0.05, 0.1) is 17.3 Å². The number of alkyl halides is 1. The lowest BCUT2D eigenvalue weighted by Crippen LogP contribution is -2.39. The summed E-state index contributed by atoms with van der Waals surface area (Å²) in [7, 11) is 0. The normalized spacial score (nSPS) is 22.0. The molecule has 1 aliphatic rings. The van der Waals surface area contributed by atoms with Crippen molar-refractivity contribution in [3.8, 4) is 0 Å². The number of rotatable bonds is 4. The number of carbonyl (C=O) groups excluding carboxylic acids is 1. The molecule has 108 valence electrons. The van der Waals surface area contributed by atoms with Gasteiger partial charge in [-0.15, -0.1) is 11.8 Å². The van der Waals surface area contributed by atoms with Gasteiger partial charge in [-0.2, -0.15) is 0 Å². The van der Waals surface area contributed by atoms with Gasteiger partial charge in [-0.1, -0.05) is 23.7 Å². The first kappa shape index (κ1) is 15.1. The Bertz CT molecular complexity index is 542. The van der Waals surface area contributed by atoms with Crippen molar-refractivity contribution >= 4 is 35.2 Å². The topological polar surface area (TPSA) is 57.6 Å². The number of likely N-dealkylation sites (tertiary alicyclic amines) is 1. The summed E-state index contributed by atoms with van der Waals surface area (Å²) in [6, 6.07) is 7.12. The highest BCUT2D eigenvalue weighted by molar-refractivity contribution is 8.00. The Morgan fingerprint density at radius 1 is 1.45 bits per heavy atom. The smallest absolute Gasteiger partial charge is 0.343 e. The molecule has 1 amide bonds. The third-order valence-electron chi connectivity index (χ3n) is 3.14. The van der Waals surface area contributed by atoms with Gasteiger partial charge in [0.1, 0.15) is 0 Å². The summed E-state index contributed by atoms with van der Waals surface area (Å²) in [5.74, 6) is -1.68. The van der Waals surface area contributed by atoms with Gasteiger partial charge in [0.25, 0.3) is 0 Å². The van der Waals surface area contributed by atoms with Crippen molar-refractivity contribution in [3.63, 3.8) is 0 Å². The molecule has 1 atom stereocenters. The number of carboxylic acids is 1. The Hall–Kier alpha value is -1.27. The fourth-order valence-electron chi connectivity index (χ4n) is 1.95. The molecular weight excluding hydrogens is 305 g/mol. The van der Waals surface area contributed by atoms with E-state index < -0.39 is 11.6 Å². The van der Waals surface area contributed by atoms with Crippen LogP contribution in [0.25, 0.3) is 0 Å². The maximum absolute atomic E-state index is 13.9. The zero-order chi connectivity index (χ0) is 14.8. The maximum atomic E-state index is 13.9. The second-order valence-corrected chi connectivity index (χ2v) is 5.98. The molecule has 0 saturated carbocycles. The highest BCUT2D eigenvalue weighted by atomic mass is 35.5. The Morgan fingerprint density at radius 3 is 2.75 bits per heavy atom. The van der Waals surface area contributed by atoms with E-state index in [1.54, 1.807) is 18.2 Å². The second-order valence-electron chi connectivity index (χ2n) is 4.55. The SMILES string of the molecule is O=C(CSc1ccccc1Cl)N1CCC(F)(C(=O)O)C1. The zero-order valence-corrected chi connectivity index (χ0v) is 12.1. The van der Waals surface area contributed by atoms with Crippen LogP contribution >= 0.6 is 23.4 Å². The van der Waals surface area contributed by atoms with Crippen molar-refractivity contribution in [2.45, 2.75) is 17.0 Å². The van der Waals surface area contributed by atoms with Gasteiger partial charge in [-0.3, -0.25) is 4.79 Å². The molecule has 1 saturated heterocycles. The van der Waals surface area contributed by atoms with Crippen molar-refractivity contribution < 1.29 is 19.1 Å². The van der Waals surface area contributed by atoms with Crippen LogP contribution in [0, 0.1) is 0 Å². The van der Waals surface area contributed by atoms with E-state index in [-0.39, 0.29) is 31.2 Å². The highest BCUT2D eigenvalue weighted by Crippen LogP contribution is 2.29. The Labute approximate surface area is 124 Å². The molecule has 1 aromatic rings. The first-order chi connectivity index (χ1) is 9.42. The molecule has 0 bridgehead atoms. The van der Waals surface area contributed by atoms with Crippen LogP contribution < -0.4 is 0 Å². The van der Waals surface area contributed by atoms with Gasteiger partial charge in [0, 0.05) is 17.9 Å². The summed E-state index contributed by atoms with van der Waals surface area (Å²) in [5, 5.41) is 9.33. The molecule has 20 heavy (non-hydrogen) atoms. The third-order valence-corrected chi connectivity index (χ3v) is 4.64. The van der Waals surface area contributed by atoms with Crippen molar-refractivity contribution in [1.82, 2.24) is 4.90 Å². The lowest BCUT2D eigenvalue weighted by Gasteiger charge is -2.17. The van der Waals surface area contributed by atoms with Crippen molar-refractivity contribution in [3.05, 3.63) is 29.3 Å². The fraction of sp³-hybridized carbons (Fsp3) is 0.385. The Balaban J connectivity index is 1.91. The van der Waals surface area contributed by atoms with Crippen LogP contribution in [-0.4, -0.2) is 46.4 Å². The molecule has 0 aliphatic carbocycles. The lowest BCUT2D eigenvalue weighted by atomic mass is 10.1. The molecular formula is C13H13ClFNO3S. The Kier molecular flexibility index (Phi) is 4.55. The van der Waals surface area contributed by atoms with Crippen molar-refractivity contribution in [2.75, 3.05) is 18.8 Å². The first-order valence-corrected chi connectivity index (χ1v) is 7.36. The number of nitrogens with zero attached hydrogens (tertiary/aromatic N) is 1. The average molecular weight is 318 g/mol. The summed E-state index contributed by atoms with van der Waals surface area (Å²) in [4.78, 5) is 24.7. The molecule has 1 N–H and O–H groups in total. The van der Waals surface area contributed by atoms with E-state index in [1.807, 2.05) is 6.07 Å². The molecule has 7 heteroatoms. The number of benzene rings is 1. The minimum absolute atomic E-state index is 0.111. The number of thioether (sulfide) groups is 1. The molecule has 4 nitrogen and oxygen atoms in total. The monoisotopic (exact) mass is 317 g/mol. The molecule has 0 radical (unpaired) electrons. The largest absolute Gasteiger partial charge is 0.479 e. The summed E-state index contributed by atoms with van der Waals surface area (Å²) >= 11 is 7.23. The van der Waals surface area contributed by atoms with E-state index in [0.717, 1.165) is 4.90 Å². The van der Waals surface area contributed by atoms with Crippen LogP contribution in [0.2, 0.25) is 5.02 Å². The summed E-state index contributed by atoms with van der Waals surface area (Å²) in [6.07, 6.45) is -0.162. The number of halogens is 2. The van der Waals surface area contributed by atoms with Gasteiger partial charge < -0.3 is 10.0 Å². The standard InChI is InChI=1S/C13H13ClFNO3S/c14-9-3-1-2-4-10(9)20-7-11(17)16-6-5-13(15,8-16)12(18)19/h1-4H,5-8H2,(H,18,19). The minimum Gasteiger partial charge on any atom is -0.479 e. The van der Waals surface area contributed by atoms with Gasteiger partial charge in [0.15, 0.2) is 0 Å². The second kappa shape index (κ2) is 6.01. The first-order valence-electron chi connectivity index (χ1n) is 6.00. The molecule has 1 aliphatic heterocycles. The van der Waals surface area contributed by atoms with Gasteiger partial charge in [0.2, 0.25) is 11.6 Å². The predicted octanol–water partition coefficient (Wildman–Crippen LogP) is 2.46. The summed E-state index contributed by atoms with van der Waals surface area (Å²) in [6.45, 7) is -0.255. The molecule has 1 unspecified atom stereocenters. The number of hydrogen-bond acceptors (Lipinski definition) is 3. The van der Waals surface area contributed by atoms with E-state index >= 15 is 0 Å². The van der Waals surface area contributed by atoms with Gasteiger partial charge >= 0.3 is 5.97 Å². The lowest BCUT2D eigenvalue weighted by molar-refractivity contribution is -0.150. The van der Waals surface area contributed by atoms with E-state index in [4.69, 9.17) is 16.7 Å². The van der Waals surface area contributed by atoms with Crippen LogP contribution in [0.3, 0.4) is 0 Å². The van der Waals surface area contributed by atoms with Crippen LogP contribution in [0.5, 0.6) is 0 Å². The zero-order valence-electron chi connectivity index (χ0n) is 10.5. The average Bonchev–Trinajstić information content (AvgIpc) is 2.82. The minimum atomic E-state index is -2.31. The van der Waals surface area contributed by atoms with Crippen molar-refractivity contribution in [2.24, 2.45) is 0 Å². The fourth-order valence-corrected chi connectivity index (χ4v) is 3.09. The Morgan fingerprint density at radius 2 is 2.15 bits per heavy atom. The summed E-state index contributed by atoms with van der Waals surface area (Å²) in [5.41, 5.74) is -2.31. The third kappa shape index (κ3) is 3.24. The number of carboxylic acid groups (broad SMARTS) is 1. The molecule has 1 fully saturated rings.